The van der Waals surface area contributed by atoms with Crippen molar-refractivity contribution in [1.29, 1.82) is 0 Å². The van der Waals surface area contributed by atoms with Crippen molar-refractivity contribution in [3.8, 4) is 11.1 Å². The number of rotatable bonds is 7. The summed E-state index contributed by atoms with van der Waals surface area (Å²) in [5.74, 6) is 0.862. The lowest BCUT2D eigenvalue weighted by Gasteiger charge is -2.19. The third-order valence-electron chi connectivity index (χ3n) is 5.40. The van der Waals surface area contributed by atoms with Crippen molar-refractivity contribution >= 4 is 26.7 Å². The van der Waals surface area contributed by atoms with E-state index in [1.807, 2.05) is 24.4 Å². The van der Waals surface area contributed by atoms with Gasteiger partial charge < -0.3 is 5.32 Å². The first kappa shape index (κ1) is 18.4. The zero-order valence-electron chi connectivity index (χ0n) is 16.2. The van der Waals surface area contributed by atoms with Gasteiger partial charge in [-0.25, -0.2) is 18.4 Å². The Kier molecular flexibility index (Phi) is 4.48. The Morgan fingerprint density at radius 1 is 1.07 bits per heavy atom. The zero-order valence-corrected chi connectivity index (χ0v) is 17.1. The number of sulfonamides is 1. The third-order valence-corrected chi connectivity index (χ3v) is 6.68. The van der Waals surface area contributed by atoms with Gasteiger partial charge in [-0.15, -0.1) is 0 Å². The SMILES string of the molecule is CS(=O)(=O)N(Cc1cncc(-c2ccc3ncnc(NC4CC4)c3c2)c1)C1CC1. The maximum Gasteiger partial charge on any atom is 0.211 e. The summed E-state index contributed by atoms with van der Waals surface area (Å²) in [6, 6.07) is 8.74. The smallest absolute Gasteiger partial charge is 0.211 e. The van der Waals surface area contributed by atoms with E-state index in [0.29, 0.717) is 12.6 Å². The van der Waals surface area contributed by atoms with E-state index in [9.17, 15) is 8.42 Å². The molecule has 3 aromatic rings. The molecule has 2 saturated carbocycles. The molecule has 0 bridgehead atoms. The lowest BCUT2D eigenvalue weighted by Crippen LogP contribution is -2.31. The first-order valence-corrected chi connectivity index (χ1v) is 11.7. The van der Waals surface area contributed by atoms with Gasteiger partial charge in [0.05, 0.1) is 11.8 Å². The second-order valence-electron chi connectivity index (χ2n) is 7.99. The fourth-order valence-electron chi connectivity index (χ4n) is 3.56. The molecule has 2 heterocycles. The molecule has 0 spiro atoms. The summed E-state index contributed by atoms with van der Waals surface area (Å²) in [5, 5.41) is 4.46. The number of hydrogen-bond donors (Lipinski definition) is 1. The van der Waals surface area contributed by atoms with Crippen molar-refractivity contribution in [3.05, 3.63) is 48.5 Å². The topological polar surface area (TPSA) is 88.1 Å². The molecular formula is C21H23N5O2S. The molecule has 29 heavy (non-hydrogen) atoms. The molecule has 5 rings (SSSR count). The van der Waals surface area contributed by atoms with Crippen molar-refractivity contribution in [2.24, 2.45) is 0 Å². The van der Waals surface area contributed by atoms with E-state index in [-0.39, 0.29) is 6.04 Å². The minimum Gasteiger partial charge on any atom is -0.367 e. The number of benzene rings is 1. The molecule has 2 fully saturated rings. The van der Waals surface area contributed by atoms with Crippen LogP contribution in [0.2, 0.25) is 0 Å². The Labute approximate surface area is 170 Å². The molecule has 0 atom stereocenters. The Morgan fingerprint density at radius 2 is 1.90 bits per heavy atom. The van der Waals surface area contributed by atoms with Crippen LogP contribution in [-0.4, -0.2) is 46.0 Å². The van der Waals surface area contributed by atoms with E-state index in [4.69, 9.17) is 0 Å². The molecular weight excluding hydrogens is 386 g/mol. The standard InChI is InChI=1S/C21H23N5O2S/c1-29(27,28)26(18-5-6-18)12-14-8-16(11-22-10-14)15-2-7-20-19(9-15)21(24-13-23-20)25-17-3-4-17/h2,7-11,13,17-18H,3-6,12H2,1H3,(H,23,24,25). The lowest BCUT2D eigenvalue weighted by molar-refractivity contribution is 0.402. The highest BCUT2D eigenvalue weighted by molar-refractivity contribution is 7.88. The second-order valence-corrected chi connectivity index (χ2v) is 9.93. The van der Waals surface area contributed by atoms with Gasteiger partial charge in [-0.3, -0.25) is 4.98 Å². The number of hydrogen-bond acceptors (Lipinski definition) is 6. The molecule has 0 saturated heterocycles. The van der Waals surface area contributed by atoms with E-state index < -0.39 is 10.0 Å². The van der Waals surface area contributed by atoms with Gasteiger partial charge in [0.2, 0.25) is 10.0 Å². The van der Waals surface area contributed by atoms with Gasteiger partial charge in [0.25, 0.3) is 0 Å². The molecule has 0 unspecified atom stereocenters. The minimum absolute atomic E-state index is 0.127. The van der Waals surface area contributed by atoms with E-state index >= 15 is 0 Å². The fraction of sp³-hybridized carbons (Fsp3) is 0.381. The summed E-state index contributed by atoms with van der Waals surface area (Å²) in [5.41, 5.74) is 3.75. The van der Waals surface area contributed by atoms with Crippen LogP contribution in [-0.2, 0) is 16.6 Å². The van der Waals surface area contributed by atoms with E-state index in [1.54, 1.807) is 16.8 Å². The second kappa shape index (κ2) is 7.03. The number of anilines is 1. The molecule has 2 aliphatic rings. The van der Waals surface area contributed by atoms with Gasteiger partial charge in [0, 0.05) is 42.0 Å². The lowest BCUT2D eigenvalue weighted by atomic mass is 10.0. The van der Waals surface area contributed by atoms with Gasteiger partial charge >= 0.3 is 0 Å². The van der Waals surface area contributed by atoms with Gasteiger partial charge in [-0.2, -0.15) is 4.31 Å². The Balaban J connectivity index is 1.47. The van der Waals surface area contributed by atoms with Gasteiger partial charge in [-0.1, -0.05) is 6.07 Å². The monoisotopic (exact) mass is 409 g/mol. The van der Waals surface area contributed by atoms with Gasteiger partial charge in [-0.05, 0) is 55.0 Å². The average Bonchev–Trinajstić information content (AvgIpc) is 3.60. The van der Waals surface area contributed by atoms with Crippen LogP contribution in [0.15, 0.2) is 43.0 Å². The van der Waals surface area contributed by atoms with Crippen LogP contribution < -0.4 is 5.32 Å². The summed E-state index contributed by atoms with van der Waals surface area (Å²) >= 11 is 0. The fourth-order valence-corrected chi connectivity index (χ4v) is 4.70. The van der Waals surface area contributed by atoms with Crippen LogP contribution in [0.1, 0.15) is 31.2 Å². The summed E-state index contributed by atoms with van der Waals surface area (Å²) in [4.78, 5) is 13.2. The molecule has 8 heteroatoms. The molecule has 0 aliphatic heterocycles. The van der Waals surface area contributed by atoms with Crippen LogP contribution in [0.5, 0.6) is 0 Å². The average molecular weight is 410 g/mol. The normalized spacial score (nSPS) is 17.0. The van der Waals surface area contributed by atoms with E-state index in [0.717, 1.165) is 46.3 Å². The highest BCUT2D eigenvalue weighted by Gasteiger charge is 2.34. The molecule has 2 aliphatic carbocycles. The molecule has 7 nitrogen and oxygen atoms in total. The number of nitrogens with zero attached hydrogens (tertiary/aromatic N) is 4. The molecule has 2 aromatic heterocycles. The van der Waals surface area contributed by atoms with Crippen LogP contribution in [0, 0.1) is 0 Å². The van der Waals surface area contributed by atoms with Crippen LogP contribution in [0.4, 0.5) is 5.82 Å². The molecule has 0 amide bonds. The summed E-state index contributed by atoms with van der Waals surface area (Å²) in [6.45, 7) is 0.357. The van der Waals surface area contributed by atoms with Crippen molar-refractivity contribution in [1.82, 2.24) is 19.3 Å². The van der Waals surface area contributed by atoms with Crippen molar-refractivity contribution in [2.45, 2.75) is 44.3 Å². The van der Waals surface area contributed by atoms with Crippen LogP contribution >= 0.6 is 0 Å². The molecule has 0 radical (unpaired) electrons. The number of aromatic nitrogens is 3. The van der Waals surface area contributed by atoms with Gasteiger partial charge in [0.1, 0.15) is 12.1 Å². The Bertz CT molecular complexity index is 1170. The highest BCUT2D eigenvalue weighted by Crippen LogP contribution is 2.32. The Hall–Kier alpha value is -2.58. The summed E-state index contributed by atoms with van der Waals surface area (Å²) < 4.78 is 25.9. The van der Waals surface area contributed by atoms with Crippen molar-refractivity contribution < 1.29 is 8.42 Å². The Morgan fingerprint density at radius 3 is 2.62 bits per heavy atom. The maximum atomic E-state index is 12.1. The van der Waals surface area contributed by atoms with Crippen molar-refractivity contribution in [3.63, 3.8) is 0 Å². The highest BCUT2D eigenvalue weighted by atomic mass is 32.2. The largest absolute Gasteiger partial charge is 0.367 e. The predicted molar refractivity (Wildman–Crippen MR) is 113 cm³/mol. The van der Waals surface area contributed by atoms with E-state index in [2.05, 4.69) is 26.3 Å². The number of fused-ring (bicyclic) bond motifs is 1. The minimum atomic E-state index is -3.24. The molecule has 1 N–H and O–H groups in total. The zero-order chi connectivity index (χ0) is 20.0. The van der Waals surface area contributed by atoms with Crippen molar-refractivity contribution in [2.75, 3.05) is 11.6 Å². The summed E-state index contributed by atoms with van der Waals surface area (Å²) in [7, 11) is -3.24. The first-order chi connectivity index (χ1) is 14.0. The molecule has 1 aromatic carbocycles. The third kappa shape index (κ3) is 4.09. The summed E-state index contributed by atoms with van der Waals surface area (Å²) in [6.07, 6.45) is 10.6. The number of pyridine rings is 1. The van der Waals surface area contributed by atoms with E-state index in [1.165, 1.54) is 19.1 Å². The van der Waals surface area contributed by atoms with Crippen LogP contribution in [0.25, 0.3) is 22.0 Å². The molecule has 150 valence electrons. The van der Waals surface area contributed by atoms with Gasteiger partial charge in [0.15, 0.2) is 0 Å². The van der Waals surface area contributed by atoms with Crippen LogP contribution in [0.3, 0.4) is 0 Å². The number of nitrogens with one attached hydrogen (secondary N) is 1. The first-order valence-electron chi connectivity index (χ1n) is 9.90. The quantitative estimate of drug-likeness (QED) is 0.645. The maximum absolute atomic E-state index is 12.1. The predicted octanol–water partition coefficient (Wildman–Crippen LogP) is 3.19.